The fourth-order valence-corrected chi connectivity index (χ4v) is 2.03. The Hall–Kier alpha value is -2.08. The van der Waals surface area contributed by atoms with Gasteiger partial charge in [0, 0.05) is 31.0 Å². The summed E-state index contributed by atoms with van der Waals surface area (Å²) in [5.74, 6) is 0. The third-order valence-electron chi connectivity index (χ3n) is 3.01. The molecule has 0 fully saturated rings. The zero-order valence-electron chi connectivity index (χ0n) is 11.5. The summed E-state index contributed by atoms with van der Waals surface area (Å²) < 4.78 is 0. The number of para-hydroxylation sites is 1. The highest BCUT2D eigenvalue weighted by Crippen LogP contribution is 2.20. The Kier molecular flexibility index (Phi) is 5.16. The van der Waals surface area contributed by atoms with E-state index < -0.39 is 0 Å². The molecule has 0 aliphatic heterocycles. The van der Waals surface area contributed by atoms with Crippen LogP contribution >= 0.6 is 11.6 Å². The van der Waals surface area contributed by atoms with Crippen LogP contribution in [0.4, 0.5) is 5.69 Å². The molecule has 2 N–H and O–H groups in total. The van der Waals surface area contributed by atoms with Crippen molar-refractivity contribution in [1.29, 1.82) is 0 Å². The van der Waals surface area contributed by atoms with Crippen molar-refractivity contribution in [2.45, 2.75) is 6.42 Å². The zero-order chi connectivity index (χ0) is 15.2. The number of halogens is 1. The molecular formula is C15H16ClN3O2. The number of hydroxylamine groups is 2. The first-order valence-electron chi connectivity index (χ1n) is 6.33. The van der Waals surface area contributed by atoms with Crippen molar-refractivity contribution in [3.63, 3.8) is 0 Å². The quantitative estimate of drug-likeness (QED) is 0.655. The van der Waals surface area contributed by atoms with E-state index in [1.807, 2.05) is 48.3 Å². The molecule has 21 heavy (non-hydrogen) atoms. The molecular weight excluding hydrogens is 290 g/mol. The normalized spacial score (nSPS) is 11.3. The smallest absolute Gasteiger partial charge is 0.129 e. The highest BCUT2D eigenvalue weighted by molar-refractivity contribution is 6.29. The molecule has 0 bridgehead atoms. The number of anilines is 1. The second kappa shape index (κ2) is 7.08. The number of pyridine rings is 1. The van der Waals surface area contributed by atoms with Gasteiger partial charge in [0.1, 0.15) is 5.15 Å². The van der Waals surface area contributed by atoms with Crippen LogP contribution in [0.2, 0.25) is 5.15 Å². The van der Waals surface area contributed by atoms with E-state index in [0.717, 1.165) is 11.3 Å². The van der Waals surface area contributed by atoms with Gasteiger partial charge in [0.2, 0.25) is 0 Å². The average molecular weight is 306 g/mol. The molecule has 0 saturated heterocycles. The number of likely N-dealkylation sites (N-methyl/N-ethyl adjacent to an activating group) is 1. The predicted molar refractivity (Wildman–Crippen MR) is 81.3 cm³/mol. The van der Waals surface area contributed by atoms with Crippen LogP contribution in [0.25, 0.3) is 0 Å². The van der Waals surface area contributed by atoms with E-state index in [0.29, 0.717) is 17.3 Å². The Morgan fingerprint density at radius 2 is 1.90 bits per heavy atom. The summed E-state index contributed by atoms with van der Waals surface area (Å²) in [5.41, 5.74) is 2.54. The van der Waals surface area contributed by atoms with Gasteiger partial charge in [-0.3, -0.25) is 10.4 Å². The number of nitrogens with zero attached hydrogens (tertiary/aromatic N) is 3. The molecule has 2 rings (SSSR count). The molecule has 5 nitrogen and oxygen atoms in total. The molecule has 0 spiro atoms. The lowest BCUT2D eigenvalue weighted by molar-refractivity contribution is -0.268. The predicted octanol–water partition coefficient (Wildman–Crippen LogP) is 3.34. The summed E-state index contributed by atoms with van der Waals surface area (Å²) in [6.45, 7) is 0. The molecule has 1 aromatic carbocycles. The number of aromatic nitrogens is 1. The Morgan fingerprint density at radius 3 is 2.48 bits per heavy atom. The van der Waals surface area contributed by atoms with Crippen LogP contribution in [-0.4, -0.2) is 27.7 Å². The van der Waals surface area contributed by atoms with E-state index in [-0.39, 0.29) is 5.23 Å². The van der Waals surface area contributed by atoms with Crippen LogP contribution in [0.15, 0.2) is 60.6 Å². The topological polar surface area (TPSA) is 59.8 Å². The van der Waals surface area contributed by atoms with E-state index in [2.05, 4.69) is 4.98 Å². The monoisotopic (exact) mass is 305 g/mol. The number of benzene rings is 1. The first-order valence-corrected chi connectivity index (χ1v) is 6.71. The highest BCUT2D eigenvalue weighted by atomic mass is 35.5. The van der Waals surface area contributed by atoms with Crippen LogP contribution in [0, 0.1) is 0 Å². The minimum Gasteiger partial charge on any atom is -0.346 e. The molecule has 0 aliphatic rings. The molecule has 110 valence electrons. The maximum Gasteiger partial charge on any atom is 0.129 e. The van der Waals surface area contributed by atoms with Gasteiger partial charge in [-0.25, -0.2) is 4.98 Å². The fraction of sp³-hybridized carbons (Fsp3) is 0.133. The van der Waals surface area contributed by atoms with E-state index >= 15 is 0 Å². The lowest BCUT2D eigenvalue weighted by atomic mass is 10.1. The molecule has 2 aromatic rings. The molecule has 0 atom stereocenters. The molecule has 1 aromatic heterocycles. The van der Waals surface area contributed by atoms with Crippen LogP contribution in [0.1, 0.15) is 5.56 Å². The van der Waals surface area contributed by atoms with Gasteiger partial charge in [0.25, 0.3) is 0 Å². The summed E-state index contributed by atoms with van der Waals surface area (Å²) >= 11 is 5.77. The highest BCUT2D eigenvalue weighted by Gasteiger charge is 2.10. The number of hydrogen-bond acceptors (Lipinski definition) is 5. The first-order chi connectivity index (χ1) is 10.1. The number of rotatable bonds is 5. The third kappa shape index (κ3) is 4.46. The van der Waals surface area contributed by atoms with Gasteiger partial charge in [-0.15, -0.1) is 5.23 Å². The number of allylic oxidation sites excluding steroid dienone is 1. The van der Waals surface area contributed by atoms with E-state index in [9.17, 15) is 0 Å². The second-order valence-electron chi connectivity index (χ2n) is 4.50. The van der Waals surface area contributed by atoms with Crippen molar-refractivity contribution in [2.75, 3.05) is 11.9 Å². The van der Waals surface area contributed by atoms with Crippen LogP contribution < -0.4 is 4.90 Å². The molecule has 6 heteroatoms. The van der Waals surface area contributed by atoms with Gasteiger partial charge in [0.05, 0.1) is 6.20 Å². The van der Waals surface area contributed by atoms with Gasteiger partial charge in [-0.2, -0.15) is 0 Å². The maximum atomic E-state index is 9.09. The van der Waals surface area contributed by atoms with Gasteiger partial charge in [0.15, 0.2) is 0 Å². The minimum atomic E-state index is 0.0537. The van der Waals surface area contributed by atoms with E-state index in [1.54, 1.807) is 12.3 Å². The average Bonchev–Trinajstić information content (AvgIpc) is 2.48. The SMILES string of the molecule is CN(/C(=C\N(O)O)Cc1ccc(Cl)nc1)c1ccccc1. The van der Waals surface area contributed by atoms with Crippen molar-refractivity contribution in [1.82, 2.24) is 10.2 Å². The molecule has 0 aliphatic carbocycles. The minimum absolute atomic E-state index is 0.0537. The zero-order valence-corrected chi connectivity index (χ0v) is 12.3. The van der Waals surface area contributed by atoms with Crippen molar-refractivity contribution in [3.8, 4) is 0 Å². The van der Waals surface area contributed by atoms with Gasteiger partial charge >= 0.3 is 0 Å². The fourth-order valence-electron chi connectivity index (χ4n) is 1.92. The first kappa shape index (κ1) is 15.3. The molecule has 1 heterocycles. The molecule has 0 radical (unpaired) electrons. The third-order valence-corrected chi connectivity index (χ3v) is 3.24. The molecule has 0 amide bonds. The Morgan fingerprint density at radius 1 is 1.19 bits per heavy atom. The summed E-state index contributed by atoms with van der Waals surface area (Å²) in [6.07, 6.45) is 3.38. The van der Waals surface area contributed by atoms with Gasteiger partial charge < -0.3 is 4.90 Å². The standard InChI is InChI=1S/C15H16ClN3O2/c1-18(13-5-3-2-4-6-13)14(11-19(20)21)9-12-7-8-15(16)17-10-12/h2-8,10-11,20-21H,9H2,1H3/b14-11-. The van der Waals surface area contributed by atoms with Crippen LogP contribution in [-0.2, 0) is 6.42 Å². The largest absolute Gasteiger partial charge is 0.346 e. The number of hydrogen-bond donors (Lipinski definition) is 2. The summed E-state index contributed by atoms with van der Waals surface area (Å²) in [6, 6.07) is 13.2. The lowest BCUT2D eigenvalue weighted by Gasteiger charge is -2.23. The summed E-state index contributed by atoms with van der Waals surface area (Å²) in [4.78, 5) is 5.89. The van der Waals surface area contributed by atoms with Crippen LogP contribution in [0.5, 0.6) is 0 Å². The summed E-state index contributed by atoms with van der Waals surface area (Å²) in [5, 5.41) is 18.7. The van der Waals surface area contributed by atoms with Crippen molar-refractivity contribution < 1.29 is 10.4 Å². The Labute approximate surface area is 128 Å². The Bertz CT molecular complexity index is 600. The summed E-state index contributed by atoms with van der Waals surface area (Å²) in [7, 11) is 1.86. The van der Waals surface area contributed by atoms with E-state index in [1.165, 1.54) is 6.20 Å². The lowest BCUT2D eigenvalue weighted by Crippen LogP contribution is -2.21. The van der Waals surface area contributed by atoms with Crippen LogP contribution in [0.3, 0.4) is 0 Å². The van der Waals surface area contributed by atoms with Crippen molar-refractivity contribution in [2.24, 2.45) is 0 Å². The van der Waals surface area contributed by atoms with Crippen molar-refractivity contribution >= 4 is 17.3 Å². The Balaban J connectivity index is 2.25. The van der Waals surface area contributed by atoms with E-state index in [4.69, 9.17) is 22.0 Å². The molecule has 0 saturated carbocycles. The second-order valence-corrected chi connectivity index (χ2v) is 4.89. The maximum absolute atomic E-state index is 9.09. The van der Waals surface area contributed by atoms with Crippen molar-refractivity contribution in [3.05, 3.63) is 71.3 Å². The van der Waals surface area contributed by atoms with Gasteiger partial charge in [-0.1, -0.05) is 35.9 Å². The van der Waals surface area contributed by atoms with Gasteiger partial charge in [-0.05, 0) is 23.8 Å². The molecule has 0 unspecified atom stereocenters.